The zero-order valence-corrected chi connectivity index (χ0v) is 10.4. The van der Waals surface area contributed by atoms with Gasteiger partial charge in [-0.1, -0.05) is 5.16 Å². The van der Waals surface area contributed by atoms with Gasteiger partial charge < -0.3 is 19.1 Å². The summed E-state index contributed by atoms with van der Waals surface area (Å²) in [6, 6.07) is 4.33. The van der Waals surface area contributed by atoms with Crippen LogP contribution >= 0.6 is 0 Å². The van der Waals surface area contributed by atoms with Gasteiger partial charge >= 0.3 is 5.97 Å². The Labute approximate surface area is 108 Å². The van der Waals surface area contributed by atoms with Gasteiger partial charge in [0.2, 0.25) is 0 Å². The number of aromatic nitrogens is 2. The fourth-order valence-corrected chi connectivity index (χ4v) is 1.46. The van der Waals surface area contributed by atoms with Gasteiger partial charge in [0.25, 0.3) is 5.89 Å². The third-order valence-corrected chi connectivity index (χ3v) is 2.33. The van der Waals surface area contributed by atoms with Crippen molar-refractivity contribution in [2.45, 2.75) is 13.5 Å². The van der Waals surface area contributed by atoms with Crippen LogP contribution in [-0.4, -0.2) is 28.3 Å². The lowest BCUT2D eigenvalue weighted by atomic mass is 10.2. The van der Waals surface area contributed by atoms with E-state index in [4.69, 9.17) is 19.1 Å². The molecule has 2 aromatic rings. The molecule has 2 rings (SSSR count). The second-order valence-corrected chi connectivity index (χ2v) is 3.69. The smallest absolute Gasteiger partial charge is 0.335 e. The quantitative estimate of drug-likeness (QED) is 0.877. The van der Waals surface area contributed by atoms with Crippen molar-refractivity contribution in [3.8, 4) is 11.5 Å². The number of carboxylic acids is 1. The minimum Gasteiger partial charge on any atom is -0.493 e. The number of benzene rings is 1. The fraction of sp³-hybridized carbons (Fsp3) is 0.250. The highest BCUT2D eigenvalue weighted by Crippen LogP contribution is 2.28. The van der Waals surface area contributed by atoms with E-state index in [9.17, 15) is 4.79 Å². The largest absolute Gasteiger partial charge is 0.493 e. The van der Waals surface area contributed by atoms with Crippen molar-refractivity contribution < 1.29 is 23.9 Å². The first-order chi connectivity index (χ1) is 9.10. The standard InChI is InChI=1S/C12H12N2O5/c1-7-13-11(19-14-7)6-18-9-4-3-8(12(15)16)5-10(9)17-2/h3-5H,6H2,1-2H3,(H,15,16). The van der Waals surface area contributed by atoms with Crippen molar-refractivity contribution in [2.24, 2.45) is 0 Å². The maximum Gasteiger partial charge on any atom is 0.335 e. The highest BCUT2D eigenvalue weighted by atomic mass is 16.5. The summed E-state index contributed by atoms with van der Waals surface area (Å²) in [5, 5.41) is 12.5. The summed E-state index contributed by atoms with van der Waals surface area (Å²) in [5.74, 6) is 0.561. The van der Waals surface area contributed by atoms with Crippen molar-refractivity contribution in [3.63, 3.8) is 0 Å². The van der Waals surface area contributed by atoms with E-state index in [-0.39, 0.29) is 12.2 Å². The zero-order chi connectivity index (χ0) is 13.8. The van der Waals surface area contributed by atoms with Gasteiger partial charge in [-0.3, -0.25) is 0 Å². The van der Waals surface area contributed by atoms with E-state index in [0.717, 1.165) is 0 Å². The van der Waals surface area contributed by atoms with Crippen molar-refractivity contribution in [1.29, 1.82) is 0 Å². The monoisotopic (exact) mass is 264 g/mol. The number of carbonyl (C=O) groups is 1. The van der Waals surface area contributed by atoms with Crippen molar-refractivity contribution in [3.05, 3.63) is 35.5 Å². The molecule has 0 amide bonds. The molecule has 1 N–H and O–H groups in total. The lowest BCUT2D eigenvalue weighted by Gasteiger charge is -2.09. The molecule has 7 nitrogen and oxygen atoms in total. The highest BCUT2D eigenvalue weighted by Gasteiger charge is 2.11. The van der Waals surface area contributed by atoms with Gasteiger partial charge in [-0.2, -0.15) is 4.98 Å². The van der Waals surface area contributed by atoms with Gasteiger partial charge in [0.15, 0.2) is 23.9 Å². The molecular formula is C12H12N2O5. The van der Waals surface area contributed by atoms with Crippen molar-refractivity contribution in [2.75, 3.05) is 7.11 Å². The van der Waals surface area contributed by atoms with Crippen molar-refractivity contribution >= 4 is 5.97 Å². The number of nitrogens with zero attached hydrogens (tertiary/aromatic N) is 2. The molecule has 0 aliphatic carbocycles. The Morgan fingerprint density at radius 3 is 2.79 bits per heavy atom. The number of methoxy groups -OCH3 is 1. The van der Waals surface area contributed by atoms with Crippen LogP contribution in [0.3, 0.4) is 0 Å². The summed E-state index contributed by atoms with van der Waals surface area (Å²) in [5.41, 5.74) is 0.123. The lowest BCUT2D eigenvalue weighted by molar-refractivity contribution is 0.0696. The summed E-state index contributed by atoms with van der Waals surface area (Å²) in [7, 11) is 1.44. The molecular weight excluding hydrogens is 252 g/mol. The van der Waals surface area contributed by atoms with Crippen LogP contribution in [0.25, 0.3) is 0 Å². The van der Waals surface area contributed by atoms with Crippen LogP contribution in [0.15, 0.2) is 22.7 Å². The normalized spacial score (nSPS) is 10.2. The predicted octanol–water partition coefficient (Wildman–Crippen LogP) is 1.66. The van der Waals surface area contributed by atoms with Gasteiger partial charge in [0, 0.05) is 0 Å². The molecule has 0 bridgehead atoms. The Balaban J connectivity index is 2.13. The molecule has 1 aromatic heterocycles. The molecule has 0 radical (unpaired) electrons. The number of rotatable bonds is 5. The maximum absolute atomic E-state index is 10.8. The molecule has 0 atom stereocenters. The Morgan fingerprint density at radius 2 is 2.21 bits per heavy atom. The highest BCUT2D eigenvalue weighted by molar-refractivity contribution is 5.88. The predicted molar refractivity (Wildman–Crippen MR) is 63.3 cm³/mol. The van der Waals surface area contributed by atoms with E-state index >= 15 is 0 Å². The van der Waals surface area contributed by atoms with Crippen molar-refractivity contribution in [1.82, 2.24) is 10.1 Å². The molecule has 0 fully saturated rings. The molecule has 0 aliphatic heterocycles. The van der Waals surface area contributed by atoms with E-state index in [1.165, 1.54) is 25.3 Å². The number of hydrogen-bond acceptors (Lipinski definition) is 6. The van der Waals surface area contributed by atoms with Crippen LogP contribution in [0.4, 0.5) is 0 Å². The molecule has 0 saturated carbocycles. The fourth-order valence-electron chi connectivity index (χ4n) is 1.46. The first kappa shape index (κ1) is 12.9. The topological polar surface area (TPSA) is 94.7 Å². The van der Waals surface area contributed by atoms with E-state index in [1.807, 2.05) is 0 Å². The van der Waals surface area contributed by atoms with Crippen LogP contribution in [0, 0.1) is 6.92 Å². The number of hydrogen-bond donors (Lipinski definition) is 1. The van der Waals surface area contributed by atoms with Crippen LogP contribution in [0.1, 0.15) is 22.1 Å². The SMILES string of the molecule is COc1cc(C(=O)O)ccc1OCc1nc(C)no1. The first-order valence-corrected chi connectivity index (χ1v) is 5.43. The first-order valence-electron chi connectivity index (χ1n) is 5.43. The Bertz CT molecular complexity index is 594. The summed E-state index contributed by atoms with van der Waals surface area (Å²) >= 11 is 0. The third-order valence-electron chi connectivity index (χ3n) is 2.33. The number of aromatic carboxylic acids is 1. The summed E-state index contributed by atoms with van der Waals surface area (Å²) < 4.78 is 15.4. The summed E-state index contributed by atoms with van der Waals surface area (Å²) in [4.78, 5) is 14.8. The Hall–Kier alpha value is -2.57. The molecule has 100 valence electrons. The molecule has 0 saturated heterocycles. The summed E-state index contributed by atoms with van der Waals surface area (Å²) in [6.45, 7) is 1.79. The third kappa shape index (κ3) is 3.01. The van der Waals surface area contributed by atoms with Crippen LogP contribution in [0.2, 0.25) is 0 Å². The Morgan fingerprint density at radius 1 is 1.42 bits per heavy atom. The summed E-state index contributed by atoms with van der Waals surface area (Å²) in [6.07, 6.45) is 0. The molecule has 1 aromatic carbocycles. The Kier molecular flexibility index (Phi) is 3.65. The molecule has 1 heterocycles. The van der Waals surface area contributed by atoms with Gasteiger partial charge in [-0.05, 0) is 25.1 Å². The minimum absolute atomic E-state index is 0.0869. The van der Waals surface area contributed by atoms with Crippen LogP contribution in [0.5, 0.6) is 11.5 Å². The lowest BCUT2D eigenvalue weighted by Crippen LogP contribution is -2.01. The number of carboxylic acid groups (broad SMARTS) is 1. The van der Waals surface area contributed by atoms with Crippen LogP contribution < -0.4 is 9.47 Å². The second-order valence-electron chi connectivity index (χ2n) is 3.69. The molecule has 7 heteroatoms. The van der Waals surface area contributed by atoms with Crippen LogP contribution in [-0.2, 0) is 6.61 Å². The van der Waals surface area contributed by atoms with E-state index < -0.39 is 5.97 Å². The van der Waals surface area contributed by atoms with Gasteiger partial charge in [0.05, 0.1) is 12.7 Å². The van der Waals surface area contributed by atoms with E-state index in [0.29, 0.717) is 23.2 Å². The molecule has 0 unspecified atom stereocenters. The maximum atomic E-state index is 10.8. The van der Waals surface area contributed by atoms with E-state index in [1.54, 1.807) is 6.92 Å². The molecule has 0 aliphatic rings. The molecule has 0 spiro atoms. The average molecular weight is 264 g/mol. The zero-order valence-electron chi connectivity index (χ0n) is 10.4. The van der Waals surface area contributed by atoms with Gasteiger partial charge in [0.1, 0.15) is 0 Å². The van der Waals surface area contributed by atoms with Gasteiger partial charge in [-0.15, -0.1) is 0 Å². The minimum atomic E-state index is -1.03. The van der Waals surface area contributed by atoms with Gasteiger partial charge in [-0.25, -0.2) is 4.79 Å². The van der Waals surface area contributed by atoms with E-state index in [2.05, 4.69) is 10.1 Å². The average Bonchev–Trinajstić information content (AvgIpc) is 2.81. The number of ether oxygens (including phenoxy) is 2. The molecule has 19 heavy (non-hydrogen) atoms. The second kappa shape index (κ2) is 5.38. The number of aryl methyl sites for hydroxylation is 1.